The van der Waals surface area contributed by atoms with Crippen LogP contribution in [0.1, 0.15) is 21.9 Å². The van der Waals surface area contributed by atoms with Gasteiger partial charge in [-0.1, -0.05) is 11.6 Å². The summed E-state index contributed by atoms with van der Waals surface area (Å²) in [6, 6.07) is 7.53. The van der Waals surface area contributed by atoms with E-state index in [1.165, 1.54) is 12.1 Å². The van der Waals surface area contributed by atoms with Crippen molar-refractivity contribution in [2.75, 3.05) is 11.9 Å². The van der Waals surface area contributed by atoms with Gasteiger partial charge in [-0.25, -0.2) is 4.79 Å². The maximum Gasteiger partial charge on any atom is 0.418 e. The fraction of sp³-hybridized carbons (Fsp3) is 0.167. The SMILES string of the molecule is O=C(COC(=O)c1ccc(Cn2cccn2)o1)Nc1ccc(Cl)cc1C(F)(F)F. The van der Waals surface area contributed by atoms with Gasteiger partial charge in [-0.2, -0.15) is 18.3 Å². The Hall–Kier alpha value is -3.27. The molecule has 0 aliphatic heterocycles. The average molecular weight is 428 g/mol. The van der Waals surface area contributed by atoms with Crippen LogP contribution in [0.3, 0.4) is 0 Å². The van der Waals surface area contributed by atoms with Crippen molar-refractivity contribution in [2.45, 2.75) is 12.7 Å². The Kier molecular flexibility index (Phi) is 5.92. The molecular weight excluding hydrogens is 415 g/mol. The molecule has 7 nitrogen and oxygen atoms in total. The van der Waals surface area contributed by atoms with Crippen LogP contribution in [-0.2, 0) is 22.3 Å². The molecule has 0 aliphatic rings. The maximum atomic E-state index is 13.0. The van der Waals surface area contributed by atoms with Crippen LogP contribution in [0.4, 0.5) is 18.9 Å². The first-order chi connectivity index (χ1) is 13.7. The molecule has 2 heterocycles. The highest BCUT2D eigenvalue weighted by Crippen LogP contribution is 2.36. The van der Waals surface area contributed by atoms with Crippen LogP contribution < -0.4 is 5.32 Å². The Morgan fingerprint density at radius 3 is 2.72 bits per heavy atom. The van der Waals surface area contributed by atoms with Gasteiger partial charge < -0.3 is 14.5 Å². The Labute approximate surface area is 167 Å². The molecule has 3 rings (SSSR count). The van der Waals surface area contributed by atoms with Crippen molar-refractivity contribution in [3.05, 3.63) is 70.9 Å². The van der Waals surface area contributed by atoms with E-state index in [1.807, 2.05) is 5.32 Å². The number of ether oxygens (including phenoxy) is 1. The second-order valence-electron chi connectivity index (χ2n) is 5.78. The van der Waals surface area contributed by atoms with E-state index in [1.54, 1.807) is 29.2 Å². The molecule has 0 saturated heterocycles. The number of furan rings is 1. The number of halogens is 4. The monoisotopic (exact) mass is 427 g/mol. The van der Waals surface area contributed by atoms with E-state index in [4.69, 9.17) is 20.8 Å². The van der Waals surface area contributed by atoms with E-state index in [-0.39, 0.29) is 17.3 Å². The number of hydrogen-bond acceptors (Lipinski definition) is 5. The number of aromatic nitrogens is 2. The van der Waals surface area contributed by atoms with Crippen molar-refractivity contribution >= 4 is 29.2 Å². The van der Waals surface area contributed by atoms with Crippen LogP contribution in [0.15, 0.2) is 53.2 Å². The first-order valence-electron chi connectivity index (χ1n) is 8.12. The lowest BCUT2D eigenvalue weighted by molar-refractivity contribution is -0.137. The molecule has 152 valence electrons. The number of anilines is 1. The number of amides is 1. The zero-order chi connectivity index (χ0) is 21.0. The Morgan fingerprint density at radius 1 is 1.24 bits per heavy atom. The number of rotatable bonds is 6. The third-order valence-electron chi connectivity index (χ3n) is 3.64. The van der Waals surface area contributed by atoms with Crippen LogP contribution in [0.5, 0.6) is 0 Å². The van der Waals surface area contributed by atoms with Crippen molar-refractivity contribution in [1.29, 1.82) is 0 Å². The number of hydrogen-bond donors (Lipinski definition) is 1. The molecule has 3 aromatic rings. The van der Waals surface area contributed by atoms with E-state index < -0.39 is 35.9 Å². The van der Waals surface area contributed by atoms with Crippen molar-refractivity contribution in [1.82, 2.24) is 9.78 Å². The molecule has 0 fully saturated rings. The second kappa shape index (κ2) is 8.39. The molecule has 0 bridgehead atoms. The molecule has 0 saturated carbocycles. The Morgan fingerprint density at radius 2 is 2.03 bits per heavy atom. The summed E-state index contributed by atoms with van der Waals surface area (Å²) < 4.78 is 50.8. The van der Waals surface area contributed by atoms with Gasteiger partial charge in [-0.15, -0.1) is 0 Å². The highest BCUT2D eigenvalue weighted by Gasteiger charge is 2.34. The van der Waals surface area contributed by atoms with Gasteiger partial charge in [0, 0.05) is 17.4 Å². The van der Waals surface area contributed by atoms with Crippen LogP contribution in [0, 0.1) is 0 Å². The minimum Gasteiger partial charge on any atom is -0.452 e. The average Bonchev–Trinajstić information content (AvgIpc) is 3.33. The lowest BCUT2D eigenvalue weighted by atomic mass is 10.1. The molecule has 1 amide bonds. The zero-order valence-electron chi connectivity index (χ0n) is 14.6. The zero-order valence-corrected chi connectivity index (χ0v) is 15.3. The van der Waals surface area contributed by atoms with E-state index in [0.29, 0.717) is 11.8 Å². The van der Waals surface area contributed by atoms with Crippen molar-refractivity contribution in [3.63, 3.8) is 0 Å². The maximum absolute atomic E-state index is 13.0. The fourth-order valence-corrected chi connectivity index (χ4v) is 2.55. The van der Waals surface area contributed by atoms with E-state index in [9.17, 15) is 22.8 Å². The fourth-order valence-electron chi connectivity index (χ4n) is 2.37. The largest absolute Gasteiger partial charge is 0.452 e. The van der Waals surface area contributed by atoms with Gasteiger partial charge in [0.1, 0.15) is 5.76 Å². The Balaban J connectivity index is 1.57. The van der Waals surface area contributed by atoms with Gasteiger partial charge in [-0.3, -0.25) is 9.48 Å². The molecular formula is C18H13ClF3N3O4. The van der Waals surface area contributed by atoms with Gasteiger partial charge in [0.05, 0.1) is 17.8 Å². The van der Waals surface area contributed by atoms with E-state index >= 15 is 0 Å². The topological polar surface area (TPSA) is 86.4 Å². The molecule has 1 N–H and O–H groups in total. The first kappa shape index (κ1) is 20.5. The first-order valence-corrected chi connectivity index (χ1v) is 8.50. The van der Waals surface area contributed by atoms with Crippen molar-refractivity contribution in [3.8, 4) is 0 Å². The van der Waals surface area contributed by atoms with Gasteiger partial charge in [0.2, 0.25) is 5.76 Å². The predicted octanol–water partition coefficient (Wildman–Crippen LogP) is 3.99. The highest BCUT2D eigenvalue weighted by atomic mass is 35.5. The van der Waals surface area contributed by atoms with E-state index in [0.717, 1.165) is 6.07 Å². The Bertz CT molecular complexity index is 1020. The summed E-state index contributed by atoms with van der Waals surface area (Å²) in [6.07, 6.45) is -1.43. The second-order valence-corrected chi connectivity index (χ2v) is 6.22. The minimum atomic E-state index is -4.72. The highest BCUT2D eigenvalue weighted by molar-refractivity contribution is 6.30. The molecule has 29 heavy (non-hydrogen) atoms. The summed E-state index contributed by atoms with van der Waals surface area (Å²) in [5, 5.41) is 5.91. The third-order valence-corrected chi connectivity index (χ3v) is 3.87. The molecule has 11 heteroatoms. The summed E-state index contributed by atoms with van der Waals surface area (Å²) in [5.74, 6) is -1.60. The van der Waals surface area contributed by atoms with Crippen LogP contribution in [0.2, 0.25) is 5.02 Å². The molecule has 0 unspecified atom stereocenters. The smallest absolute Gasteiger partial charge is 0.418 e. The number of carbonyl (C=O) groups is 2. The normalized spacial score (nSPS) is 11.3. The number of nitrogens with one attached hydrogen (secondary N) is 1. The molecule has 0 spiro atoms. The van der Waals surface area contributed by atoms with Crippen LogP contribution >= 0.6 is 11.6 Å². The number of esters is 1. The van der Waals surface area contributed by atoms with Crippen molar-refractivity contribution < 1.29 is 31.9 Å². The summed E-state index contributed by atoms with van der Waals surface area (Å²) in [6.45, 7) is -0.508. The van der Waals surface area contributed by atoms with E-state index in [2.05, 4.69) is 5.10 Å². The summed E-state index contributed by atoms with van der Waals surface area (Å²) in [7, 11) is 0. The lowest BCUT2D eigenvalue weighted by Gasteiger charge is -2.14. The number of alkyl halides is 3. The van der Waals surface area contributed by atoms with Crippen LogP contribution in [0.25, 0.3) is 0 Å². The summed E-state index contributed by atoms with van der Waals surface area (Å²) >= 11 is 5.58. The molecule has 0 radical (unpaired) electrons. The molecule has 1 aromatic carbocycles. The molecule has 2 aromatic heterocycles. The van der Waals surface area contributed by atoms with Crippen LogP contribution in [-0.4, -0.2) is 28.3 Å². The standard InChI is InChI=1S/C18H13ClF3N3O4/c19-11-2-4-14(13(8-11)18(20,21)22)24-16(26)10-28-17(27)15-5-3-12(29-15)9-25-7-1-6-23-25/h1-8H,9-10H2,(H,24,26). The quantitative estimate of drug-likeness (QED) is 0.601. The summed E-state index contributed by atoms with van der Waals surface area (Å²) in [4.78, 5) is 23.9. The lowest BCUT2D eigenvalue weighted by Crippen LogP contribution is -2.22. The van der Waals surface area contributed by atoms with Gasteiger partial charge in [0.25, 0.3) is 5.91 Å². The molecule has 0 aliphatic carbocycles. The van der Waals surface area contributed by atoms with Gasteiger partial charge >= 0.3 is 12.1 Å². The number of benzene rings is 1. The molecule has 0 atom stereocenters. The number of carbonyl (C=O) groups excluding carboxylic acids is 2. The summed E-state index contributed by atoms with van der Waals surface area (Å²) in [5.41, 5.74) is -1.61. The predicted molar refractivity (Wildman–Crippen MR) is 95.4 cm³/mol. The van der Waals surface area contributed by atoms with Gasteiger partial charge in [0.15, 0.2) is 6.61 Å². The van der Waals surface area contributed by atoms with Crippen molar-refractivity contribution in [2.24, 2.45) is 0 Å². The van der Waals surface area contributed by atoms with Gasteiger partial charge in [-0.05, 0) is 36.4 Å². The minimum absolute atomic E-state index is 0.134. The third kappa shape index (κ3) is 5.38. The number of nitrogens with zero attached hydrogens (tertiary/aromatic N) is 2.